The highest BCUT2D eigenvalue weighted by molar-refractivity contribution is 5.77. The van der Waals surface area contributed by atoms with Gasteiger partial charge in [0.2, 0.25) is 11.7 Å². The Balaban J connectivity index is 2.02. The van der Waals surface area contributed by atoms with Crippen molar-refractivity contribution >= 4 is 5.91 Å². The summed E-state index contributed by atoms with van der Waals surface area (Å²) >= 11 is 0. The number of carbonyl (C=O) groups is 1. The molecule has 1 amide bonds. The SMILES string of the molecule is COCCOCC(=O)N(CCOC)Cc1ccc(-c2noc(C(C)(F)F)n2)cc1. The standard InChI is InChI=1S/C19H25F2N3O5/c1-19(20,21)18-22-17(23-29-18)15-6-4-14(5-7-15)12-24(8-9-26-2)16(25)13-28-11-10-27-3/h4-7H,8-13H2,1-3H3. The van der Waals surface area contributed by atoms with Crippen molar-refractivity contribution in [2.24, 2.45) is 0 Å². The Labute approximate surface area is 167 Å². The van der Waals surface area contributed by atoms with E-state index in [1.807, 2.05) is 0 Å². The number of aromatic nitrogens is 2. The molecule has 0 unspecified atom stereocenters. The summed E-state index contributed by atoms with van der Waals surface area (Å²) < 4.78 is 46.3. The lowest BCUT2D eigenvalue weighted by molar-refractivity contribution is -0.137. The van der Waals surface area contributed by atoms with Crippen LogP contribution in [0.2, 0.25) is 0 Å². The summed E-state index contributed by atoms with van der Waals surface area (Å²) in [5.41, 5.74) is 1.38. The van der Waals surface area contributed by atoms with Gasteiger partial charge in [0.15, 0.2) is 0 Å². The Bertz CT molecular complexity index is 762. The number of hydrogen-bond acceptors (Lipinski definition) is 7. The number of halogens is 2. The van der Waals surface area contributed by atoms with Crippen LogP contribution in [-0.4, -0.2) is 68.1 Å². The van der Waals surface area contributed by atoms with Gasteiger partial charge in [-0.2, -0.15) is 13.8 Å². The maximum absolute atomic E-state index is 13.2. The van der Waals surface area contributed by atoms with E-state index in [9.17, 15) is 13.6 Å². The molecule has 0 bridgehead atoms. The van der Waals surface area contributed by atoms with E-state index in [0.29, 0.717) is 45.4 Å². The van der Waals surface area contributed by atoms with Crippen LogP contribution in [0.5, 0.6) is 0 Å². The molecule has 0 radical (unpaired) electrons. The third-order valence-electron chi connectivity index (χ3n) is 3.96. The van der Waals surface area contributed by atoms with E-state index in [1.165, 1.54) is 0 Å². The normalized spacial score (nSPS) is 11.6. The van der Waals surface area contributed by atoms with Gasteiger partial charge in [0.25, 0.3) is 5.89 Å². The second-order valence-corrected chi connectivity index (χ2v) is 6.36. The molecular weight excluding hydrogens is 388 g/mol. The first-order valence-corrected chi connectivity index (χ1v) is 9.00. The van der Waals surface area contributed by atoms with Crippen LogP contribution in [0.15, 0.2) is 28.8 Å². The summed E-state index contributed by atoms with van der Waals surface area (Å²) in [5.74, 6) is -4.03. The number of ether oxygens (including phenoxy) is 3. The van der Waals surface area contributed by atoms with Crippen LogP contribution < -0.4 is 0 Å². The third-order valence-corrected chi connectivity index (χ3v) is 3.96. The second kappa shape index (κ2) is 10.9. The number of amides is 1. The fourth-order valence-corrected chi connectivity index (χ4v) is 2.39. The predicted molar refractivity (Wildman–Crippen MR) is 99.3 cm³/mol. The monoisotopic (exact) mass is 413 g/mol. The van der Waals surface area contributed by atoms with E-state index in [0.717, 1.165) is 5.56 Å². The van der Waals surface area contributed by atoms with Gasteiger partial charge in [0, 0.05) is 39.8 Å². The molecule has 1 aromatic heterocycles. The van der Waals surface area contributed by atoms with Gasteiger partial charge in [-0.25, -0.2) is 0 Å². The number of alkyl halides is 2. The molecule has 0 spiro atoms. The molecule has 0 aliphatic heterocycles. The highest BCUT2D eigenvalue weighted by atomic mass is 19.3. The Morgan fingerprint density at radius 3 is 2.41 bits per heavy atom. The first-order valence-electron chi connectivity index (χ1n) is 9.00. The zero-order valence-corrected chi connectivity index (χ0v) is 16.7. The summed E-state index contributed by atoms with van der Waals surface area (Å²) in [7, 11) is 3.12. The van der Waals surface area contributed by atoms with Crippen LogP contribution in [0.25, 0.3) is 11.4 Å². The highest BCUT2D eigenvalue weighted by Crippen LogP contribution is 2.27. The Hall–Kier alpha value is -2.43. The molecular formula is C19H25F2N3O5. The lowest BCUT2D eigenvalue weighted by Crippen LogP contribution is -2.36. The molecule has 2 rings (SSSR count). The molecule has 0 N–H and O–H groups in total. The van der Waals surface area contributed by atoms with Gasteiger partial charge < -0.3 is 23.6 Å². The number of carbonyl (C=O) groups excluding carboxylic acids is 1. The van der Waals surface area contributed by atoms with Gasteiger partial charge >= 0.3 is 5.92 Å². The molecule has 29 heavy (non-hydrogen) atoms. The zero-order valence-electron chi connectivity index (χ0n) is 16.7. The molecule has 0 atom stereocenters. The summed E-state index contributed by atoms with van der Waals surface area (Å²) in [4.78, 5) is 17.7. The average Bonchev–Trinajstić information content (AvgIpc) is 3.19. The minimum atomic E-state index is -3.20. The van der Waals surface area contributed by atoms with Crippen molar-refractivity contribution in [3.63, 3.8) is 0 Å². The van der Waals surface area contributed by atoms with Crippen LogP contribution in [-0.2, 0) is 31.5 Å². The van der Waals surface area contributed by atoms with Crippen LogP contribution in [0.3, 0.4) is 0 Å². The smallest absolute Gasteiger partial charge is 0.322 e. The molecule has 0 aliphatic carbocycles. The molecule has 1 heterocycles. The zero-order chi connectivity index (χ0) is 21.3. The molecule has 0 saturated carbocycles. The molecule has 0 fully saturated rings. The van der Waals surface area contributed by atoms with Gasteiger partial charge in [-0.15, -0.1) is 0 Å². The fourth-order valence-electron chi connectivity index (χ4n) is 2.39. The van der Waals surface area contributed by atoms with Crippen molar-refractivity contribution in [2.45, 2.75) is 19.4 Å². The van der Waals surface area contributed by atoms with Crippen molar-refractivity contribution < 1.29 is 32.3 Å². The fraction of sp³-hybridized carbons (Fsp3) is 0.526. The largest absolute Gasteiger partial charge is 0.383 e. The molecule has 0 aliphatic rings. The Morgan fingerprint density at radius 2 is 1.83 bits per heavy atom. The van der Waals surface area contributed by atoms with Crippen molar-refractivity contribution in [3.8, 4) is 11.4 Å². The average molecular weight is 413 g/mol. The van der Waals surface area contributed by atoms with Crippen molar-refractivity contribution in [3.05, 3.63) is 35.7 Å². The number of methoxy groups -OCH3 is 2. The third kappa shape index (κ3) is 7.15. The van der Waals surface area contributed by atoms with E-state index in [4.69, 9.17) is 14.2 Å². The maximum atomic E-state index is 13.2. The molecule has 160 valence electrons. The van der Waals surface area contributed by atoms with E-state index < -0.39 is 11.8 Å². The van der Waals surface area contributed by atoms with Crippen LogP contribution in [0, 0.1) is 0 Å². The quantitative estimate of drug-likeness (QED) is 0.494. The summed E-state index contributed by atoms with van der Waals surface area (Å²) in [6.07, 6.45) is 0. The predicted octanol–water partition coefficient (Wildman–Crippen LogP) is 2.49. The molecule has 1 aromatic carbocycles. The molecule has 2 aromatic rings. The van der Waals surface area contributed by atoms with Crippen LogP contribution in [0.4, 0.5) is 8.78 Å². The van der Waals surface area contributed by atoms with E-state index in [-0.39, 0.29) is 18.3 Å². The van der Waals surface area contributed by atoms with Crippen molar-refractivity contribution in [2.75, 3.05) is 47.2 Å². The van der Waals surface area contributed by atoms with E-state index in [1.54, 1.807) is 43.4 Å². The van der Waals surface area contributed by atoms with Crippen molar-refractivity contribution in [1.29, 1.82) is 0 Å². The number of hydrogen-bond donors (Lipinski definition) is 0. The molecule has 0 saturated heterocycles. The summed E-state index contributed by atoms with van der Waals surface area (Å²) in [6.45, 7) is 2.52. The molecule has 10 heteroatoms. The van der Waals surface area contributed by atoms with Gasteiger partial charge in [0.05, 0.1) is 19.8 Å². The van der Waals surface area contributed by atoms with Gasteiger partial charge in [-0.1, -0.05) is 29.4 Å². The van der Waals surface area contributed by atoms with Gasteiger partial charge in [-0.05, 0) is 5.56 Å². The molecule has 8 nitrogen and oxygen atoms in total. The highest BCUT2D eigenvalue weighted by Gasteiger charge is 2.32. The van der Waals surface area contributed by atoms with E-state index >= 15 is 0 Å². The van der Waals surface area contributed by atoms with Crippen LogP contribution in [0.1, 0.15) is 18.4 Å². The van der Waals surface area contributed by atoms with Crippen LogP contribution >= 0.6 is 0 Å². The lowest BCUT2D eigenvalue weighted by Gasteiger charge is -2.22. The van der Waals surface area contributed by atoms with E-state index in [2.05, 4.69) is 14.7 Å². The Morgan fingerprint density at radius 1 is 1.14 bits per heavy atom. The topological polar surface area (TPSA) is 86.9 Å². The second-order valence-electron chi connectivity index (χ2n) is 6.36. The van der Waals surface area contributed by atoms with Gasteiger partial charge in [0.1, 0.15) is 6.61 Å². The summed E-state index contributed by atoms with van der Waals surface area (Å²) in [6, 6.07) is 6.92. The maximum Gasteiger partial charge on any atom is 0.322 e. The first kappa shape index (κ1) is 22.9. The van der Waals surface area contributed by atoms with Gasteiger partial charge in [-0.3, -0.25) is 4.79 Å². The van der Waals surface area contributed by atoms with Crippen molar-refractivity contribution in [1.82, 2.24) is 15.0 Å². The Kier molecular flexibility index (Phi) is 8.62. The number of benzene rings is 1. The number of rotatable bonds is 12. The summed E-state index contributed by atoms with van der Waals surface area (Å²) in [5, 5.41) is 3.59. The lowest BCUT2D eigenvalue weighted by atomic mass is 10.1. The first-order chi connectivity index (χ1) is 13.8. The number of nitrogens with zero attached hydrogens (tertiary/aromatic N) is 3. The minimum absolute atomic E-state index is 0.0535. The minimum Gasteiger partial charge on any atom is -0.383 e.